The van der Waals surface area contributed by atoms with Gasteiger partial charge < -0.3 is 12.3 Å². The van der Waals surface area contributed by atoms with Gasteiger partial charge in [-0.25, -0.2) is 0 Å². The van der Waals surface area contributed by atoms with Crippen molar-refractivity contribution in [3.05, 3.63) is 0 Å². The smallest absolute Gasteiger partial charge is 0.358 e. The van der Waals surface area contributed by atoms with E-state index in [0.717, 1.165) is 0 Å². The van der Waals surface area contributed by atoms with Crippen LogP contribution < -0.4 is 0 Å². The van der Waals surface area contributed by atoms with Crippen LogP contribution >= 0.6 is 0 Å². The summed E-state index contributed by atoms with van der Waals surface area (Å²) >= 11 is 0. The van der Waals surface area contributed by atoms with Crippen molar-refractivity contribution < 1.29 is 21.5 Å². The molecule has 0 aliphatic rings. The fraction of sp³-hybridized carbons (Fsp3) is 1.00. The van der Waals surface area contributed by atoms with Gasteiger partial charge in [0, 0.05) is 0 Å². The molecule has 0 heterocycles. The predicted octanol–water partition coefficient (Wildman–Crippen LogP) is 3.06. The second-order valence-corrected chi connectivity index (χ2v) is 22.3. The van der Waals surface area contributed by atoms with E-state index in [4.69, 9.17) is 21.5 Å². The number of hydrogen-bond donors (Lipinski definition) is 0. The van der Waals surface area contributed by atoms with Crippen LogP contribution in [0.25, 0.3) is 0 Å². The van der Waals surface area contributed by atoms with Crippen LogP contribution in [0.4, 0.5) is 0 Å². The molecule has 0 spiro atoms. The minimum Gasteiger partial charge on any atom is -0.440 e. The molecule has 0 unspecified atom stereocenters. The fourth-order valence-corrected chi connectivity index (χ4v) is 19.0. The molecule has 0 bridgehead atoms. The third kappa shape index (κ3) is 10.6. The molecule has 0 saturated carbocycles. The first kappa shape index (κ1) is 20.9. The van der Waals surface area contributed by atoms with Crippen molar-refractivity contribution in [2.75, 3.05) is 0 Å². The third-order valence-electron chi connectivity index (χ3n) is 1.94. The number of hydrogen-bond acceptors (Lipinski definition) is 5. The Hall–Kier alpha value is 0.884. The van der Waals surface area contributed by atoms with E-state index in [-0.39, 0.29) is 0 Å². The Morgan fingerprint density at radius 3 is 1.45 bits per heavy atom. The molecule has 0 amide bonds. The Morgan fingerprint density at radius 1 is 0.600 bits per heavy atom. The van der Waals surface area contributed by atoms with Crippen molar-refractivity contribution in [3.8, 4) is 0 Å². The molecule has 122 valence electrons. The lowest BCUT2D eigenvalue weighted by atomic mass is 11.9. The summed E-state index contributed by atoms with van der Waals surface area (Å²) in [5.41, 5.74) is 0. The Labute approximate surface area is 131 Å². The van der Waals surface area contributed by atoms with Crippen molar-refractivity contribution in [1.82, 2.24) is 0 Å². The Balaban J connectivity index is 4.56. The van der Waals surface area contributed by atoms with Crippen LogP contribution in [0.1, 0.15) is 0 Å². The molecule has 0 rings (SSSR count). The molecule has 0 aromatic heterocycles. The lowest BCUT2D eigenvalue weighted by molar-refractivity contribution is -0.132. The summed E-state index contributed by atoms with van der Waals surface area (Å²) in [7, 11) is -9.01. The van der Waals surface area contributed by atoms with Crippen molar-refractivity contribution in [1.29, 1.82) is 0 Å². The second kappa shape index (κ2) is 7.94. The molecule has 0 aromatic carbocycles. The number of rotatable bonds is 9. The van der Waals surface area contributed by atoms with E-state index in [1.165, 1.54) is 0 Å². The second-order valence-electron chi connectivity index (χ2n) is 6.80. The molecule has 20 heavy (non-hydrogen) atoms. The van der Waals surface area contributed by atoms with Crippen LogP contribution in [0.3, 0.4) is 0 Å². The maximum atomic E-state index is 6.26. The molecule has 5 nitrogen and oxygen atoms in total. The highest BCUT2D eigenvalue weighted by Crippen LogP contribution is 2.22. The van der Waals surface area contributed by atoms with E-state index in [9.17, 15) is 0 Å². The standard InChI is InChI=1S/C10H32O5Si5/c1-16(2)11-12-18(5,6)14-20(9,10)15-19(7,8)13-17(3)4/h16-17H,1-10H3. The molecular formula is C10H32O5Si5. The van der Waals surface area contributed by atoms with Crippen molar-refractivity contribution in [2.45, 2.75) is 65.5 Å². The Bertz CT molecular complexity index is 296. The molecule has 0 aliphatic carbocycles. The van der Waals surface area contributed by atoms with Crippen LogP contribution in [0, 0.1) is 0 Å². The zero-order chi connectivity index (χ0) is 16.2. The molecule has 0 atom stereocenters. The van der Waals surface area contributed by atoms with Crippen molar-refractivity contribution in [3.63, 3.8) is 0 Å². The van der Waals surface area contributed by atoms with E-state index in [0.29, 0.717) is 0 Å². The minimum atomic E-state index is -2.31. The first-order chi connectivity index (χ1) is 8.75. The predicted molar refractivity (Wildman–Crippen MR) is 95.6 cm³/mol. The maximum absolute atomic E-state index is 6.26. The van der Waals surface area contributed by atoms with Gasteiger partial charge >= 0.3 is 25.7 Å². The van der Waals surface area contributed by atoms with Gasteiger partial charge in [0.25, 0.3) is 0 Å². The van der Waals surface area contributed by atoms with Crippen LogP contribution in [0.2, 0.25) is 65.5 Å². The summed E-state index contributed by atoms with van der Waals surface area (Å²) in [6.45, 7) is 20.7. The molecule has 0 saturated heterocycles. The van der Waals surface area contributed by atoms with E-state index < -0.39 is 43.8 Å². The monoisotopic (exact) mass is 372 g/mol. The first-order valence-corrected chi connectivity index (χ1v) is 21.2. The summed E-state index contributed by atoms with van der Waals surface area (Å²) in [6, 6.07) is 0. The third-order valence-corrected chi connectivity index (χ3v) is 15.1. The lowest BCUT2D eigenvalue weighted by Gasteiger charge is -2.38. The Morgan fingerprint density at radius 2 is 1.05 bits per heavy atom. The van der Waals surface area contributed by atoms with Gasteiger partial charge in [-0.05, 0) is 65.5 Å². The Kier molecular flexibility index (Phi) is 8.29. The molecule has 10 heteroatoms. The molecular weight excluding hydrogens is 341 g/mol. The highest BCUT2D eigenvalue weighted by molar-refractivity contribution is 6.86. The van der Waals surface area contributed by atoms with Gasteiger partial charge in [0.05, 0.1) is 0 Å². The van der Waals surface area contributed by atoms with Crippen LogP contribution in [0.5, 0.6) is 0 Å². The first-order valence-electron chi connectivity index (χ1n) is 7.17. The van der Waals surface area contributed by atoms with Crippen molar-refractivity contribution >= 4 is 43.8 Å². The largest absolute Gasteiger partial charge is 0.440 e. The van der Waals surface area contributed by atoms with Crippen LogP contribution in [-0.2, 0) is 21.5 Å². The van der Waals surface area contributed by atoms with Crippen LogP contribution in [-0.4, -0.2) is 43.8 Å². The molecule has 0 radical (unpaired) electrons. The maximum Gasteiger partial charge on any atom is 0.358 e. The zero-order valence-corrected chi connectivity index (χ0v) is 20.0. The summed E-state index contributed by atoms with van der Waals surface area (Å²) < 4.78 is 29.4. The van der Waals surface area contributed by atoms with E-state index in [1.807, 2.05) is 13.1 Å². The van der Waals surface area contributed by atoms with Gasteiger partial charge in [-0.2, -0.15) is 0 Å². The zero-order valence-electron chi connectivity index (χ0n) is 14.7. The van der Waals surface area contributed by atoms with Crippen molar-refractivity contribution in [2.24, 2.45) is 0 Å². The lowest BCUT2D eigenvalue weighted by Crippen LogP contribution is -2.55. The fourth-order valence-electron chi connectivity index (χ4n) is 2.03. The normalized spacial score (nSPS) is 14.4. The highest BCUT2D eigenvalue weighted by Gasteiger charge is 2.42. The van der Waals surface area contributed by atoms with Gasteiger partial charge in [0.15, 0.2) is 9.04 Å². The van der Waals surface area contributed by atoms with E-state index >= 15 is 0 Å². The molecule has 0 aliphatic heterocycles. The molecule has 0 N–H and O–H groups in total. The van der Waals surface area contributed by atoms with Gasteiger partial charge in [0.2, 0.25) is 9.04 Å². The average molecular weight is 373 g/mol. The molecule has 0 aromatic rings. The quantitative estimate of drug-likeness (QED) is 0.353. The van der Waals surface area contributed by atoms with E-state index in [2.05, 4.69) is 52.4 Å². The topological polar surface area (TPSA) is 46.2 Å². The molecule has 0 fully saturated rings. The SMILES string of the molecule is C[SiH](C)OO[Si](C)(C)O[Si](C)(C)O[Si](C)(C)O[SiH](C)C. The highest BCUT2D eigenvalue weighted by atomic mass is 28.5. The van der Waals surface area contributed by atoms with Gasteiger partial charge in [-0.15, -0.1) is 0 Å². The van der Waals surface area contributed by atoms with Gasteiger partial charge in [0.1, 0.15) is 0 Å². The van der Waals surface area contributed by atoms with Crippen LogP contribution in [0.15, 0.2) is 0 Å². The summed E-state index contributed by atoms with van der Waals surface area (Å²) in [4.78, 5) is 0. The average Bonchev–Trinajstić information content (AvgIpc) is 2.08. The van der Waals surface area contributed by atoms with Gasteiger partial charge in [-0.3, -0.25) is 9.15 Å². The summed E-state index contributed by atoms with van der Waals surface area (Å²) in [5, 5.41) is 0. The van der Waals surface area contributed by atoms with Gasteiger partial charge in [-0.1, -0.05) is 0 Å². The minimum absolute atomic E-state index is 1.10. The summed E-state index contributed by atoms with van der Waals surface area (Å²) in [5.74, 6) is 0. The van der Waals surface area contributed by atoms with E-state index in [1.54, 1.807) is 0 Å². The summed E-state index contributed by atoms with van der Waals surface area (Å²) in [6.07, 6.45) is 0.